The summed E-state index contributed by atoms with van der Waals surface area (Å²) in [6.07, 6.45) is -0.699. The van der Waals surface area contributed by atoms with Gasteiger partial charge in [-0.05, 0) is 40.2 Å². The zero-order valence-corrected chi connectivity index (χ0v) is 14.6. The number of benzene rings is 1. The molecule has 1 aliphatic heterocycles. The molecular weight excluding hydrogens is 375 g/mol. The first-order valence-corrected chi connectivity index (χ1v) is 8.57. The number of hydrogen-bond acceptors (Lipinski definition) is 4. The van der Waals surface area contributed by atoms with E-state index in [9.17, 15) is 9.18 Å². The number of anilines is 1. The third-order valence-electron chi connectivity index (χ3n) is 2.89. The molecule has 0 aliphatic carbocycles. The summed E-state index contributed by atoms with van der Waals surface area (Å²) >= 11 is 4.55. The molecule has 5 nitrogen and oxygen atoms in total. The van der Waals surface area contributed by atoms with Gasteiger partial charge in [0.1, 0.15) is 0 Å². The Morgan fingerprint density at radius 1 is 1.55 bits per heavy atom. The maximum atomic E-state index is 14.4. The highest BCUT2D eigenvalue weighted by Crippen LogP contribution is 2.34. The van der Waals surface area contributed by atoms with Crippen molar-refractivity contribution >= 4 is 44.6 Å². The lowest BCUT2D eigenvalue weighted by Crippen LogP contribution is -2.13. The van der Waals surface area contributed by atoms with E-state index < -0.39 is 11.9 Å². The molecule has 0 spiro atoms. The van der Waals surface area contributed by atoms with Crippen LogP contribution in [0.4, 0.5) is 14.9 Å². The van der Waals surface area contributed by atoms with E-state index in [1.54, 1.807) is 13.0 Å². The number of nitrogens with zero attached hydrogens (tertiary/aromatic N) is 1. The van der Waals surface area contributed by atoms with Gasteiger partial charge in [0, 0.05) is 5.56 Å². The highest BCUT2D eigenvalue weighted by molar-refractivity contribution is 9.10. The average molecular weight is 391 g/mol. The number of carbonyl (C=O) groups is 1. The quantitative estimate of drug-likeness (QED) is 0.615. The second kappa shape index (κ2) is 7.94. The van der Waals surface area contributed by atoms with Crippen LogP contribution in [0.5, 0.6) is 0 Å². The summed E-state index contributed by atoms with van der Waals surface area (Å²) in [6, 6.07) is 1.68. The van der Waals surface area contributed by atoms with E-state index in [-0.39, 0.29) is 12.3 Å². The molecule has 0 unspecified atom stereocenters. The molecule has 1 aromatic rings. The van der Waals surface area contributed by atoms with Crippen LogP contribution in [0.2, 0.25) is 0 Å². The second-order valence-corrected chi connectivity index (χ2v) is 6.40. The molecule has 1 aromatic carbocycles. The summed E-state index contributed by atoms with van der Waals surface area (Å²) in [5.74, 6) is 0.250. The number of aliphatic imine (C=N–C) groups is 1. The van der Waals surface area contributed by atoms with E-state index in [2.05, 4.69) is 26.2 Å². The Bertz CT molecular complexity index is 610. The number of rotatable bonds is 3. The minimum atomic E-state index is -0.699. The fourth-order valence-electron chi connectivity index (χ4n) is 1.94. The first kappa shape index (κ1) is 17.2. The van der Waals surface area contributed by atoms with Crippen molar-refractivity contribution in [2.24, 2.45) is 4.99 Å². The van der Waals surface area contributed by atoms with Crippen LogP contribution < -0.4 is 5.32 Å². The predicted octanol–water partition coefficient (Wildman–Crippen LogP) is 4.30. The van der Waals surface area contributed by atoms with Gasteiger partial charge in [0.05, 0.1) is 30.0 Å². The van der Waals surface area contributed by atoms with E-state index in [1.807, 2.05) is 6.92 Å². The number of halogens is 2. The zero-order valence-electron chi connectivity index (χ0n) is 12.2. The lowest BCUT2D eigenvalue weighted by atomic mass is 10.1. The molecule has 120 valence electrons. The minimum absolute atomic E-state index is 0.239. The highest BCUT2D eigenvalue weighted by atomic mass is 79.9. The van der Waals surface area contributed by atoms with Gasteiger partial charge in [0.25, 0.3) is 0 Å². The van der Waals surface area contributed by atoms with E-state index in [0.29, 0.717) is 28.6 Å². The summed E-state index contributed by atoms with van der Waals surface area (Å²) in [6.45, 7) is 4.68. The molecule has 8 heteroatoms. The Balaban J connectivity index is 2.27. The Labute approximate surface area is 140 Å². The van der Waals surface area contributed by atoms with Crippen LogP contribution in [0.3, 0.4) is 0 Å². The Morgan fingerprint density at radius 3 is 3.00 bits per heavy atom. The van der Waals surface area contributed by atoms with Crippen molar-refractivity contribution in [2.75, 3.05) is 17.7 Å². The largest absolute Gasteiger partial charge is 0.448 e. The molecule has 1 aliphatic rings. The fraction of sp³-hybridized carbons (Fsp3) is 0.429. The zero-order chi connectivity index (χ0) is 16.1. The molecule has 1 amide bonds. The van der Waals surface area contributed by atoms with Crippen molar-refractivity contribution in [3.8, 4) is 0 Å². The smallest absolute Gasteiger partial charge is 0.436 e. The van der Waals surface area contributed by atoms with E-state index in [0.717, 1.165) is 11.1 Å². The molecule has 22 heavy (non-hydrogen) atoms. The van der Waals surface area contributed by atoms with Crippen molar-refractivity contribution in [2.45, 2.75) is 27.1 Å². The van der Waals surface area contributed by atoms with Gasteiger partial charge in [-0.3, -0.25) is 0 Å². The van der Waals surface area contributed by atoms with Gasteiger partial charge < -0.3 is 14.8 Å². The normalized spacial score (nSPS) is 13.9. The van der Waals surface area contributed by atoms with Crippen LogP contribution in [-0.4, -0.2) is 23.6 Å². The Kier molecular flexibility index (Phi) is 6.22. The van der Waals surface area contributed by atoms with Crippen molar-refractivity contribution in [3.05, 3.63) is 27.5 Å². The summed E-state index contributed by atoms with van der Waals surface area (Å²) in [4.78, 5) is 15.3. The van der Waals surface area contributed by atoms with Gasteiger partial charge in [0.2, 0.25) is 0 Å². The number of hydrogen-bond donors (Lipinski definition) is 1. The third kappa shape index (κ3) is 3.99. The Hall–Kier alpha value is -1.12. The number of carbonyl (C=O) groups excluding carboxylic acids is 1. The van der Waals surface area contributed by atoms with Crippen LogP contribution in [0.15, 0.2) is 15.5 Å². The molecule has 0 fully saturated rings. The molecule has 0 radical (unpaired) electrons. The first-order chi connectivity index (χ1) is 10.6. The molecule has 1 N–H and O–H groups in total. The lowest BCUT2D eigenvalue weighted by molar-refractivity contribution is 0.134. The average Bonchev–Trinajstić information content (AvgIpc) is 2.93. The Morgan fingerprint density at radius 2 is 2.32 bits per heavy atom. The van der Waals surface area contributed by atoms with E-state index >= 15 is 0 Å². The van der Waals surface area contributed by atoms with Gasteiger partial charge in [-0.2, -0.15) is 4.99 Å². The number of amides is 1. The van der Waals surface area contributed by atoms with Gasteiger partial charge in [0.15, 0.2) is 11.0 Å². The van der Waals surface area contributed by atoms with Crippen LogP contribution in [0, 0.1) is 5.82 Å². The van der Waals surface area contributed by atoms with Gasteiger partial charge >= 0.3 is 6.09 Å². The van der Waals surface area contributed by atoms with Crippen molar-refractivity contribution in [1.29, 1.82) is 0 Å². The first-order valence-electron chi connectivity index (χ1n) is 6.79. The second-order valence-electron chi connectivity index (χ2n) is 4.36. The van der Waals surface area contributed by atoms with Crippen LogP contribution in [0.25, 0.3) is 0 Å². The summed E-state index contributed by atoms with van der Waals surface area (Å²) in [5, 5.41) is 3.16. The molecule has 0 bridgehead atoms. The number of ether oxygens (including phenoxy) is 2. The monoisotopic (exact) mass is 390 g/mol. The molecule has 0 saturated carbocycles. The third-order valence-corrected chi connectivity index (χ3v) is 4.47. The molecular formula is C14H16BrFN2O3S. The van der Waals surface area contributed by atoms with E-state index in [4.69, 9.17) is 9.47 Å². The molecule has 0 saturated heterocycles. The lowest BCUT2D eigenvalue weighted by Gasteiger charge is -2.12. The molecule has 0 atom stereocenters. The van der Waals surface area contributed by atoms with Crippen LogP contribution in [-0.2, 0) is 22.7 Å². The van der Waals surface area contributed by atoms with Crippen molar-refractivity contribution < 1.29 is 18.7 Å². The van der Waals surface area contributed by atoms with Crippen LogP contribution in [0.1, 0.15) is 25.0 Å². The van der Waals surface area contributed by atoms with E-state index in [1.165, 1.54) is 11.8 Å². The van der Waals surface area contributed by atoms with Gasteiger partial charge in [-0.15, -0.1) is 0 Å². The summed E-state index contributed by atoms with van der Waals surface area (Å²) in [5.41, 5.74) is 1.97. The SMILES string of the molecule is CCOC(=O)/N=C(/Nc1cc2c(c(Br)c1F)COC2)SCC. The number of thioether (sulfide) groups is 1. The standard InChI is InChI=1S/C14H16BrFN2O3S/c1-3-21-14(19)18-13(22-4-2)17-10-5-8-6-20-7-9(8)11(15)12(10)16/h5H,3-4,6-7H2,1-2H3,(H,17,18,19). The summed E-state index contributed by atoms with van der Waals surface area (Å²) < 4.78 is 24.9. The summed E-state index contributed by atoms with van der Waals surface area (Å²) in [7, 11) is 0. The van der Waals surface area contributed by atoms with Gasteiger partial charge in [-0.1, -0.05) is 18.7 Å². The maximum absolute atomic E-state index is 14.4. The molecule has 2 rings (SSSR count). The molecule has 0 aromatic heterocycles. The number of fused-ring (bicyclic) bond motifs is 1. The topological polar surface area (TPSA) is 59.9 Å². The number of amidine groups is 1. The molecule has 1 heterocycles. The number of nitrogens with one attached hydrogen (secondary N) is 1. The van der Waals surface area contributed by atoms with Crippen molar-refractivity contribution in [1.82, 2.24) is 0 Å². The van der Waals surface area contributed by atoms with Crippen molar-refractivity contribution in [3.63, 3.8) is 0 Å². The highest BCUT2D eigenvalue weighted by Gasteiger charge is 2.21. The maximum Gasteiger partial charge on any atom is 0.436 e. The van der Waals surface area contributed by atoms with Gasteiger partial charge in [-0.25, -0.2) is 9.18 Å². The minimum Gasteiger partial charge on any atom is -0.448 e. The predicted molar refractivity (Wildman–Crippen MR) is 88.8 cm³/mol. The fourth-order valence-corrected chi connectivity index (χ4v) is 3.12. The van der Waals surface area contributed by atoms with Crippen LogP contribution >= 0.6 is 27.7 Å².